The summed E-state index contributed by atoms with van der Waals surface area (Å²) >= 11 is 1.93. The Balaban J connectivity index is 1.49. The molecule has 1 aromatic rings. The van der Waals surface area contributed by atoms with E-state index >= 15 is 0 Å². The lowest BCUT2D eigenvalue weighted by atomic mass is 10.1. The number of hydrogen-bond donors (Lipinski definition) is 1. The van der Waals surface area contributed by atoms with Crippen LogP contribution >= 0.6 is 11.3 Å². The van der Waals surface area contributed by atoms with E-state index in [0.717, 1.165) is 12.6 Å². The summed E-state index contributed by atoms with van der Waals surface area (Å²) in [7, 11) is 0. The van der Waals surface area contributed by atoms with E-state index in [2.05, 4.69) is 22.0 Å². The monoisotopic (exact) mass is 278 g/mol. The highest BCUT2D eigenvalue weighted by Gasteiger charge is 2.34. The highest BCUT2D eigenvalue weighted by molar-refractivity contribution is 7.11. The van der Waals surface area contributed by atoms with Gasteiger partial charge in [-0.3, -0.25) is 9.80 Å². The minimum Gasteiger partial charge on any atom is -0.309 e. The SMILES string of the molecule is Cc1nc(C2CN3CCN2CC3)sc1CNC1CC1. The topological polar surface area (TPSA) is 31.4 Å². The lowest BCUT2D eigenvalue weighted by Crippen LogP contribution is -2.56. The van der Waals surface area contributed by atoms with E-state index in [-0.39, 0.29) is 0 Å². The highest BCUT2D eigenvalue weighted by Crippen LogP contribution is 2.33. The standard InChI is InChI=1S/C14H22N4S/c1-10-13(8-15-11-2-3-11)19-14(16-10)12-9-17-4-6-18(12)7-5-17/h11-12,15H,2-9H2,1H3. The molecular weight excluding hydrogens is 256 g/mol. The van der Waals surface area contributed by atoms with E-state index < -0.39 is 0 Å². The van der Waals surface area contributed by atoms with Gasteiger partial charge in [-0.05, 0) is 19.8 Å². The molecule has 3 aliphatic heterocycles. The molecule has 1 N–H and O–H groups in total. The molecule has 1 aliphatic carbocycles. The van der Waals surface area contributed by atoms with Crippen molar-refractivity contribution in [1.82, 2.24) is 20.1 Å². The van der Waals surface area contributed by atoms with Crippen LogP contribution in [0.5, 0.6) is 0 Å². The highest BCUT2D eigenvalue weighted by atomic mass is 32.1. The fourth-order valence-electron chi connectivity index (χ4n) is 3.13. The fourth-order valence-corrected chi connectivity index (χ4v) is 4.28. The van der Waals surface area contributed by atoms with Crippen molar-refractivity contribution >= 4 is 11.3 Å². The van der Waals surface area contributed by atoms with Crippen molar-refractivity contribution in [2.45, 2.75) is 38.4 Å². The van der Waals surface area contributed by atoms with Crippen LogP contribution in [0.4, 0.5) is 0 Å². The molecule has 1 atom stereocenters. The summed E-state index contributed by atoms with van der Waals surface area (Å²) in [5, 5.41) is 4.95. The molecule has 4 nitrogen and oxygen atoms in total. The molecule has 0 aromatic carbocycles. The van der Waals surface area contributed by atoms with Crippen LogP contribution in [0.25, 0.3) is 0 Å². The van der Waals surface area contributed by atoms with Gasteiger partial charge in [0.15, 0.2) is 0 Å². The van der Waals surface area contributed by atoms with Crippen molar-refractivity contribution in [3.63, 3.8) is 0 Å². The van der Waals surface area contributed by atoms with Crippen molar-refractivity contribution in [2.75, 3.05) is 32.7 Å². The lowest BCUT2D eigenvalue weighted by molar-refractivity contribution is 0.0122. The third kappa shape index (κ3) is 2.44. The van der Waals surface area contributed by atoms with Gasteiger partial charge in [0.05, 0.1) is 11.7 Å². The van der Waals surface area contributed by atoms with Crippen molar-refractivity contribution in [3.05, 3.63) is 15.6 Å². The van der Waals surface area contributed by atoms with Crippen molar-refractivity contribution in [1.29, 1.82) is 0 Å². The Morgan fingerprint density at radius 3 is 2.68 bits per heavy atom. The van der Waals surface area contributed by atoms with Crippen LogP contribution in [-0.2, 0) is 6.54 Å². The van der Waals surface area contributed by atoms with Crippen LogP contribution in [-0.4, -0.2) is 53.5 Å². The van der Waals surface area contributed by atoms with E-state index in [1.165, 1.54) is 61.1 Å². The summed E-state index contributed by atoms with van der Waals surface area (Å²) in [6.07, 6.45) is 2.71. The summed E-state index contributed by atoms with van der Waals surface area (Å²) in [4.78, 5) is 11.5. The molecule has 4 aliphatic rings. The molecule has 1 saturated carbocycles. The van der Waals surface area contributed by atoms with Crippen molar-refractivity contribution < 1.29 is 0 Å². The maximum Gasteiger partial charge on any atom is 0.112 e. The van der Waals surface area contributed by atoms with E-state index in [1.807, 2.05) is 11.3 Å². The Kier molecular flexibility index (Phi) is 3.10. The molecule has 0 spiro atoms. The van der Waals surface area contributed by atoms with Gasteiger partial charge in [-0.2, -0.15) is 0 Å². The summed E-state index contributed by atoms with van der Waals surface area (Å²) in [5.74, 6) is 0. The summed E-state index contributed by atoms with van der Waals surface area (Å²) in [5.41, 5.74) is 1.24. The molecule has 4 heterocycles. The van der Waals surface area contributed by atoms with Gasteiger partial charge in [-0.25, -0.2) is 4.98 Å². The lowest BCUT2D eigenvalue weighted by Gasteiger charge is -2.46. The molecule has 19 heavy (non-hydrogen) atoms. The molecule has 1 unspecified atom stereocenters. The molecule has 5 heteroatoms. The van der Waals surface area contributed by atoms with Gasteiger partial charge in [0.25, 0.3) is 0 Å². The summed E-state index contributed by atoms with van der Waals surface area (Å²) in [6.45, 7) is 9.31. The van der Waals surface area contributed by atoms with Crippen LogP contribution < -0.4 is 5.32 Å². The van der Waals surface area contributed by atoms with Crippen molar-refractivity contribution in [3.8, 4) is 0 Å². The molecule has 0 radical (unpaired) electrons. The van der Waals surface area contributed by atoms with Gasteiger partial charge in [0.2, 0.25) is 0 Å². The number of fused-ring (bicyclic) bond motifs is 3. The van der Waals surface area contributed by atoms with Crippen LogP contribution in [0, 0.1) is 6.92 Å². The zero-order chi connectivity index (χ0) is 12.8. The first-order valence-corrected chi connectivity index (χ1v) is 8.27. The number of hydrogen-bond acceptors (Lipinski definition) is 5. The molecule has 104 valence electrons. The van der Waals surface area contributed by atoms with Gasteiger partial charge in [0.1, 0.15) is 5.01 Å². The average Bonchev–Trinajstić information content (AvgIpc) is 3.21. The summed E-state index contributed by atoms with van der Waals surface area (Å²) in [6, 6.07) is 1.34. The zero-order valence-corrected chi connectivity index (χ0v) is 12.4. The second-order valence-corrected chi connectivity index (χ2v) is 7.18. The maximum absolute atomic E-state index is 4.86. The number of aromatic nitrogens is 1. The first-order valence-electron chi connectivity index (χ1n) is 7.45. The zero-order valence-electron chi connectivity index (χ0n) is 11.6. The molecule has 5 rings (SSSR count). The van der Waals surface area contributed by atoms with Crippen LogP contribution in [0.2, 0.25) is 0 Å². The Morgan fingerprint density at radius 1 is 1.26 bits per heavy atom. The minimum absolute atomic E-state index is 0.556. The van der Waals surface area contributed by atoms with Crippen LogP contribution in [0.15, 0.2) is 0 Å². The van der Waals surface area contributed by atoms with Gasteiger partial charge in [-0.1, -0.05) is 0 Å². The number of rotatable bonds is 4. The first-order chi connectivity index (χ1) is 9.29. The first kappa shape index (κ1) is 12.3. The van der Waals surface area contributed by atoms with Gasteiger partial charge in [0, 0.05) is 50.2 Å². The molecule has 2 bridgehead atoms. The number of aryl methyl sites for hydroxylation is 1. The maximum atomic E-state index is 4.86. The van der Waals surface area contributed by atoms with Gasteiger partial charge >= 0.3 is 0 Å². The van der Waals surface area contributed by atoms with E-state index in [1.54, 1.807) is 0 Å². The Bertz CT molecular complexity index is 460. The summed E-state index contributed by atoms with van der Waals surface area (Å²) < 4.78 is 0. The third-order valence-electron chi connectivity index (χ3n) is 4.60. The largest absolute Gasteiger partial charge is 0.309 e. The number of thiazole rings is 1. The number of nitrogens with zero attached hydrogens (tertiary/aromatic N) is 3. The second kappa shape index (κ2) is 4.81. The quantitative estimate of drug-likeness (QED) is 0.901. The molecular formula is C14H22N4S. The van der Waals surface area contributed by atoms with Crippen LogP contribution in [0.1, 0.15) is 34.5 Å². The fraction of sp³-hybridized carbons (Fsp3) is 0.786. The predicted octanol–water partition coefficient (Wildman–Crippen LogP) is 1.38. The van der Waals surface area contributed by atoms with Crippen LogP contribution in [0.3, 0.4) is 0 Å². The van der Waals surface area contributed by atoms with Gasteiger partial charge in [-0.15, -0.1) is 11.3 Å². The van der Waals surface area contributed by atoms with E-state index in [0.29, 0.717) is 6.04 Å². The Hall–Kier alpha value is -0.490. The van der Waals surface area contributed by atoms with Gasteiger partial charge < -0.3 is 5.32 Å². The molecule has 4 fully saturated rings. The van der Waals surface area contributed by atoms with E-state index in [4.69, 9.17) is 4.98 Å². The Labute approximate surface area is 118 Å². The molecule has 1 aromatic heterocycles. The molecule has 3 saturated heterocycles. The van der Waals surface area contributed by atoms with Crippen molar-refractivity contribution in [2.24, 2.45) is 0 Å². The average molecular weight is 278 g/mol. The smallest absolute Gasteiger partial charge is 0.112 e. The third-order valence-corrected chi connectivity index (χ3v) is 5.86. The predicted molar refractivity (Wildman–Crippen MR) is 77.5 cm³/mol. The number of nitrogens with one attached hydrogen (secondary N) is 1. The number of piperazine rings is 3. The second-order valence-electron chi connectivity index (χ2n) is 6.07. The van der Waals surface area contributed by atoms with E-state index in [9.17, 15) is 0 Å². The normalized spacial score (nSPS) is 33.8. The Morgan fingerprint density at radius 2 is 2.05 bits per heavy atom. The molecule has 0 amide bonds. The minimum atomic E-state index is 0.556.